The highest BCUT2D eigenvalue weighted by atomic mass is 16.7. The van der Waals surface area contributed by atoms with Crippen LogP contribution in [0.3, 0.4) is 0 Å². The van der Waals surface area contributed by atoms with E-state index in [2.05, 4.69) is 0 Å². The van der Waals surface area contributed by atoms with Crippen LogP contribution in [-0.2, 0) is 23.8 Å². The molecule has 2 amide bonds. The number of imide groups is 1. The SMILES string of the molecule is CC(C)(C)OC(=O)OC[C@]12C(=O)C=C[C@H]1CC(=O)N2C(=O)OC(C)(C)C. The van der Waals surface area contributed by atoms with Crippen molar-refractivity contribution in [3.8, 4) is 0 Å². The largest absolute Gasteiger partial charge is 0.508 e. The van der Waals surface area contributed by atoms with Crippen molar-refractivity contribution in [2.75, 3.05) is 6.61 Å². The summed E-state index contributed by atoms with van der Waals surface area (Å²) in [6.45, 7) is 9.49. The number of carbonyl (C=O) groups is 4. The molecular weight excluding hydrogens is 342 g/mol. The average Bonchev–Trinajstić information content (AvgIpc) is 2.87. The monoisotopic (exact) mass is 367 g/mol. The van der Waals surface area contributed by atoms with E-state index >= 15 is 0 Å². The first-order valence-corrected chi connectivity index (χ1v) is 8.41. The number of amides is 2. The highest BCUT2D eigenvalue weighted by Crippen LogP contribution is 2.43. The number of likely N-dealkylation sites (tertiary alicyclic amines) is 1. The first-order valence-electron chi connectivity index (χ1n) is 8.41. The average molecular weight is 367 g/mol. The molecule has 0 bridgehead atoms. The van der Waals surface area contributed by atoms with Gasteiger partial charge in [-0.25, -0.2) is 14.5 Å². The van der Waals surface area contributed by atoms with Gasteiger partial charge < -0.3 is 14.2 Å². The van der Waals surface area contributed by atoms with Crippen molar-refractivity contribution in [1.82, 2.24) is 4.90 Å². The zero-order valence-corrected chi connectivity index (χ0v) is 16.0. The maximum absolute atomic E-state index is 12.6. The van der Waals surface area contributed by atoms with Gasteiger partial charge in [0, 0.05) is 12.3 Å². The van der Waals surface area contributed by atoms with Gasteiger partial charge in [0.2, 0.25) is 5.91 Å². The number of rotatable bonds is 2. The second-order valence-corrected chi connectivity index (χ2v) is 8.42. The first-order chi connectivity index (χ1) is 11.8. The van der Waals surface area contributed by atoms with Gasteiger partial charge in [0.15, 0.2) is 11.3 Å². The molecule has 0 N–H and O–H groups in total. The molecule has 0 spiro atoms. The van der Waals surface area contributed by atoms with Crippen LogP contribution in [0.5, 0.6) is 0 Å². The van der Waals surface area contributed by atoms with E-state index in [1.807, 2.05) is 0 Å². The van der Waals surface area contributed by atoms with Crippen LogP contribution in [0, 0.1) is 5.92 Å². The van der Waals surface area contributed by atoms with E-state index in [1.54, 1.807) is 47.6 Å². The lowest BCUT2D eigenvalue weighted by molar-refractivity contribution is -0.140. The van der Waals surface area contributed by atoms with Gasteiger partial charge in [-0.05, 0) is 47.6 Å². The fraction of sp³-hybridized carbons (Fsp3) is 0.667. The molecule has 0 radical (unpaired) electrons. The minimum absolute atomic E-state index is 0.0425. The van der Waals surface area contributed by atoms with E-state index in [0.717, 1.165) is 4.90 Å². The molecule has 1 aliphatic carbocycles. The summed E-state index contributed by atoms with van der Waals surface area (Å²) in [4.78, 5) is 50.2. The maximum atomic E-state index is 12.6. The molecule has 144 valence electrons. The van der Waals surface area contributed by atoms with Crippen molar-refractivity contribution in [1.29, 1.82) is 0 Å². The van der Waals surface area contributed by atoms with Crippen LogP contribution in [0.4, 0.5) is 9.59 Å². The van der Waals surface area contributed by atoms with Gasteiger partial charge in [-0.2, -0.15) is 0 Å². The quantitative estimate of drug-likeness (QED) is 0.692. The van der Waals surface area contributed by atoms with Gasteiger partial charge in [0.25, 0.3) is 0 Å². The smallest absolute Gasteiger partial charge is 0.443 e. The molecule has 0 aromatic rings. The molecular formula is C18H25NO7. The predicted molar refractivity (Wildman–Crippen MR) is 90.3 cm³/mol. The Balaban J connectivity index is 2.26. The van der Waals surface area contributed by atoms with Crippen LogP contribution in [-0.4, -0.2) is 52.2 Å². The summed E-state index contributed by atoms with van der Waals surface area (Å²) in [6, 6.07) is 0. The van der Waals surface area contributed by atoms with E-state index in [9.17, 15) is 19.2 Å². The third-order valence-electron chi connectivity index (χ3n) is 3.94. The van der Waals surface area contributed by atoms with Crippen molar-refractivity contribution in [2.45, 2.75) is 64.7 Å². The van der Waals surface area contributed by atoms with Crippen LogP contribution in [0.15, 0.2) is 12.2 Å². The lowest BCUT2D eigenvalue weighted by atomic mass is 9.87. The second kappa shape index (κ2) is 6.41. The van der Waals surface area contributed by atoms with E-state index in [-0.39, 0.29) is 6.42 Å². The molecule has 1 aliphatic heterocycles. The summed E-state index contributed by atoms with van der Waals surface area (Å²) in [5, 5.41) is 0. The Labute approximate surface area is 152 Å². The van der Waals surface area contributed by atoms with Crippen LogP contribution < -0.4 is 0 Å². The summed E-state index contributed by atoms with van der Waals surface area (Å²) in [5.41, 5.74) is -3.24. The van der Waals surface area contributed by atoms with Crippen LogP contribution in [0.25, 0.3) is 0 Å². The van der Waals surface area contributed by atoms with E-state index in [4.69, 9.17) is 14.2 Å². The summed E-state index contributed by atoms with van der Waals surface area (Å²) in [7, 11) is 0. The zero-order valence-electron chi connectivity index (χ0n) is 16.0. The number of ketones is 1. The van der Waals surface area contributed by atoms with Gasteiger partial charge in [0.1, 0.15) is 17.8 Å². The summed E-state index contributed by atoms with van der Waals surface area (Å²) in [5.74, 6) is -1.60. The Hall–Kier alpha value is -2.38. The molecule has 8 heteroatoms. The number of carbonyl (C=O) groups excluding carboxylic acids is 4. The topological polar surface area (TPSA) is 99.2 Å². The van der Waals surface area contributed by atoms with Crippen molar-refractivity contribution in [2.24, 2.45) is 5.92 Å². The molecule has 8 nitrogen and oxygen atoms in total. The Morgan fingerprint density at radius 2 is 1.69 bits per heavy atom. The van der Waals surface area contributed by atoms with Crippen molar-refractivity contribution in [3.63, 3.8) is 0 Å². The molecule has 26 heavy (non-hydrogen) atoms. The van der Waals surface area contributed by atoms with E-state index < -0.39 is 53.2 Å². The van der Waals surface area contributed by atoms with Gasteiger partial charge in [-0.1, -0.05) is 6.08 Å². The van der Waals surface area contributed by atoms with Crippen LogP contribution >= 0.6 is 0 Å². The molecule has 1 heterocycles. The molecule has 0 saturated carbocycles. The van der Waals surface area contributed by atoms with Gasteiger partial charge >= 0.3 is 12.2 Å². The minimum Gasteiger partial charge on any atom is -0.443 e. The molecule has 2 rings (SSSR count). The first kappa shape index (κ1) is 19.9. The van der Waals surface area contributed by atoms with Crippen molar-refractivity contribution >= 4 is 23.9 Å². The molecule has 0 aromatic carbocycles. The van der Waals surface area contributed by atoms with E-state index in [0.29, 0.717) is 0 Å². The zero-order chi connectivity index (χ0) is 19.9. The number of ether oxygens (including phenoxy) is 3. The Morgan fingerprint density at radius 1 is 1.12 bits per heavy atom. The Bertz CT molecular complexity index is 668. The molecule has 2 aliphatic rings. The lowest BCUT2D eigenvalue weighted by Gasteiger charge is -2.35. The molecule has 1 fully saturated rings. The summed E-state index contributed by atoms with van der Waals surface area (Å²) in [6.07, 6.45) is 0.901. The highest BCUT2D eigenvalue weighted by Gasteiger charge is 2.62. The van der Waals surface area contributed by atoms with E-state index in [1.165, 1.54) is 6.08 Å². The fourth-order valence-corrected chi connectivity index (χ4v) is 2.97. The highest BCUT2D eigenvalue weighted by molar-refractivity contribution is 6.11. The summed E-state index contributed by atoms with van der Waals surface area (Å²) < 4.78 is 15.5. The fourth-order valence-electron chi connectivity index (χ4n) is 2.97. The lowest BCUT2D eigenvalue weighted by Crippen LogP contribution is -2.59. The maximum Gasteiger partial charge on any atom is 0.508 e. The summed E-state index contributed by atoms with van der Waals surface area (Å²) >= 11 is 0. The molecule has 1 saturated heterocycles. The standard InChI is InChI=1S/C18H25NO7/c1-16(2,3)25-14(22)19-13(21)9-11-7-8-12(20)18(11,19)10-24-15(23)26-17(4,5)6/h7-8,11H,9-10H2,1-6H3/t11-,18+/m0/s1. The predicted octanol–water partition coefficient (Wildman–Crippen LogP) is 2.60. The van der Waals surface area contributed by atoms with Crippen LogP contribution in [0.1, 0.15) is 48.0 Å². The number of hydrogen-bond donors (Lipinski definition) is 0. The Kier molecular flexibility index (Phi) is 4.91. The van der Waals surface area contributed by atoms with Gasteiger partial charge in [0.05, 0.1) is 0 Å². The Morgan fingerprint density at radius 3 is 2.23 bits per heavy atom. The van der Waals surface area contributed by atoms with Crippen molar-refractivity contribution in [3.05, 3.63) is 12.2 Å². The minimum atomic E-state index is -1.61. The second-order valence-electron chi connectivity index (χ2n) is 8.42. The van der Waals surface area contributed by atoms with Gasteiger partial charge in [-0.15, -0.1) is 0 Å². The third-order valence-corrected chi connectivity index (χ3v) is 3.94. The number of fused-ring (bicyclic) bond motifs is 1. The molecule has 0 unspecified atom stereocenters. The molecule has 0 aromatic heterocycles. The third kappa shape index (κ3) is 3.89. The van der Waals surface area contributed by atoms with Crippen molar-refractivity contribution < 1.29 is 33.4 Å². The van der Waals surface area contributed by atoms with Crippen LogP contribution in [0.2, 0.25) is 0 Å². The normalized spacial score (nSPS) is 25.3. The number of nitrogens with zero attached hydrogens (tertiary/aromatic N) is 1. The van der Waals surface area contributed by atoms with Gasteiger partial charge in [-0.3, -0.25) is 9.59 Å². The number of hydrogen-bond acceptors (Lipinski definition) is 7. The molecule has 2 atom stereocenters.